The summed E-state index contributed by atoms with van der Waals surface area (Å²) < 4.78 is 35.5. The van der Waals surface area contributed by atoms with Gasteiger partial charge in [-0.25, -0.2) is 17.9 Å². The zero-order valence-electron chi connectivity index (χ0n) is 17.8. The summed E-state index contributed by atoms with van der Waals surface area (Å²) in [5, 5.41) is 0. The molecule has 168 valence electrons. The fourth-order valence-electron chi connectivity index (χ4n) is 3.04. The molecule has 1 aromatic carbocycles. The van der Waals surface area contributed by atoms with E-state index in [9.17, 15) is 18.0 Å². The molecule has 3 rings (SSSR count). The molecule has 31 heavy (non-hydrogen) atoms. The summed E-state index contributed by atoms with van der Waals surface area (Å²) in [5.74, 6) is 1.15. The Morgan fingerprint density at radius 1 is 1.23 bits per heavy atom. The van der Waals surface area contributed by atoms with E-state index in [-0.39, 0.29) is 4.90 Å². The van der Waals surface area contributed by atoms with E-state index in [0.717, 1.165) is 0 Å². The zero-order chi connectivity index (χ0) is 22.5. The van der Waals surface area contributed by atoms with Crippen molar-refractivity contribution in [3.05, 3.63) is 69.5 Å². The predicted octanol–water partition coefficient (Wildman–Crippen LogP) is 2.42. The van der Waals surface area contributed by atoms with Crippen molar-refractivity contribution < 1.29 is 13.2 Å². The van der Waals surface area contributed by atoms with Crippen LogP contribution in [0.1, 0.15) is 39.5 Å². The van der Waals surface area contributed by atoms with E-state index in [1.807, 2.05) is 26.0 Å². The Labute approximate surface area is 182 Å². The second-order valence-corrected chi connectivity index (χ2v) is 10.2. The molecule has 0 atom stereocenters. The lowest BCUT2D eigenvalue weighted by Gasteiger charge is -2.25. The third-order valence-electron chi connectivity index (χ3n) is 5.01. The number of hydrogen-bond donors (Lipinski definition) is 2. The fraction of sp³-hybridized carbons (Fsp3) is 0.455. The van der Waals surface area contributed by atoms with Crippen molar-refractivity contribution >= 4 is 10.0 Å². The van der Waals surface area contributed by atoms with Crippen molar-refractivity contribution in [1.29, 1.82) is 0 Å². The number of allylic oxidation sites excluding steroid dienone is 2. The minimum Gasteiger partial charge on any atom is -0.493 e. The topological polar surface area (TPSA) is 110 Å². The minimum absolute atomic E-state index is 0.182. The van der Waals surface area contributed by atoms with Gasteiger partial charge >= 0.3 is 5.69 Å². The van der Waals surface area contributed by atoms with Crippen LogP contribution >= 0.6 is 0 Å². The monoisotopic (exact) mass is 447 g/mol. The smallest absolute Gasteiger partial charge is 0.328 e. The van der Waals surface area contributed by atoms with E-state index in [1.54, 1.807) is 24.3 Å². The molecule has 0 amide bonds. The van der Waals surface area contributed by atoms with Crippen LogP contribution in [0.2, 0.25) is 0 Å². The van der Waals surface area contributed by atoms with Crippen LogP contribution in [0.5, 0.6) is 5.75 Å². The summed E-state index contributed by atoms with van der Waals surface area (Å²) in [6.07, 6.45) is 8.67. The summed E-state index contributed by atoms with van der Waals surface area (Å²) >= 11 is 0. The number of H-pyrrole nitrogens is 1. The third-order valence-corrected chi connectivity index (χ3v) is 6.71. The molecule has 0 bridgehead atoms. The van der Waals surface area contributed by atoms with Crippen molar-refractivity contribution in [2.24, 2.45) is 5.92 Å². The Balaban J connectivity index is 1.53. The average molecular weight is 448 g/mol. The van der Waals surface area contributed by atoms with Gasteiger partial charge < -0.3 is 4.74 Å². The lowest BCUT2D eigenvalue weighted by Crippen LogP contribution is -2.43. The van der Waals surface area contributed by atoms with Crippen LogP contribution in [0.25, 0.3) is 0 Å². The van der Waals surface area contributed by atoms with Gasteiger partial charge in [-0.1, -0.05) is 18.2 Å². The highest BCUT2D eigenvalue weighted by atomic mass is 32.2. The van der Waals surface area contributed by atoms with Crippen molar-refractivity contribution in [3.8, 4) is 5.75 Å². The lowest BCUT2D eigenvalue weighted by atomic mass is 10.00. The summed E-state index contributed by atoms with van der Waals surface area (Å²) in [4.78, 5) is 25.1. The van der Waals surface area contributed by atoms with Gasteiger partial charge in [0.1, 0.15) is 5.75 Å². The van der Waals surface area contributed by atoms with Crippen LogP contribution in [0, 0.1) is 5.92 Å². The van der Waals surface area contributed by atoms with Crippen LogP contribution in [-0.2, 0) is 16.6 Å². The Bertz CT molecular complexity index is 1140. The van der Waals surface area contributed by atoms with Crippen molar-refractivity contribution in [1.82, 2.24) is 14.3 Å². The first kappa shape index (κ1) is 23.0. The first-order valence-corrected chi connectivity index (χ1v) is 11.8. The average Bonchev–Trinajstić information content (AvgIpc) is 3.51. The molecule has 2 N–H and O–H groups in total. The van der Waals surface area contributed by atoms with E-state index in [4.69, 9.17) is 4.74 Å². The van der Waals surface area contributed by atoms with Gasteiger partial charge in [0.2, 0.25) is 10.0 Å². The number of rotatable bonds is 11. The Kier molecular flexibility index (Phi) is 7.17. The Morgan fingerprint density at radius 3 is 2.71 bits per heavy atom. The number of benzene rings is 1. The number of nitrogens with one attached hydrogen (secondary N) is 2. The van der Waals surface area contributed by atoms with Crippen LogP contribution in [-0.4, -0.2) is 30.1 Å². The standard InChI is InChI=1S/C22H29N3O5S/c1-22(2,12-4-3-5-13-25-14-11-20(26)23-21(25)27)24-31(28,29)19-8-6-7-18(15-19)30-16-17-9-10-17/h3,5-8,11,14-15,17,24H,4,9-10,12-13,16H2,1-2H3,(H,23,26,27)/b5-3+. The van der Waals surface area contributed by atoms with Gasteiger partial charge in [0.15, 0.2) is 0 Å². The molecule has 8 nitrogen and oxygen atoms in total. The highest BCUT2D eigenvalue weighted by Crippen LogP contribution is 2.30. The molecule has 0 unspecified atom stereocenters. The van der Waals surface area contributed by atoms with Crippen LogP contribution in [0.3, 0.4) is 0 Å². The van der Waals surface area contributed by atoms with E-state index in [1.165, 1.54) is 29.7 Å². The van der Waals surface area contributed by atoms with Crippen molar-refractivity contribution in [2.75, 3.05) is 6.61 Å². The second-order valence-electron chi connectivity index (χ2n) is 8.49. The van der Waals surface area contributed by atoms with E-state index in [0.29, 0.717) is 37.7 Å². The van der Waals surface area contributed by atoms with Crippen molar-refractivity contribution in [3.63, 3.8) is 0 Å². The Hall–Kier alpha value is -2.65. The Morgan fingerprint density at radius 2 is 2.00 bits per heavy atom. The molecule has 9 heteroatoms. The minimum atomic E-state index is -3.69. The largest absolute Gasteiger partial charge is 0.493 e. The summed E-state index contributed by atoms with van der Waals surface area (Å²) in [7, 11) is -3.69. The highest BCUT2D eigenvalue weighted by Gasteiger charge is 2.26. The molecule has 1 aliphatic rings. The maximum absolute atomic E-state index is 12.8. The number of nitrogens with zero attached hydrogens (tertiary/aromatic N) is 1. The highest BCUT2D eigenvalue weighted by molar-refractivity contribution is 7.89. The van der Waals surface area contributed by atoms with E-state index < -0.39 is 26.8 Å². The number of sulfonamides is 1. The second kappa shape index (κ2) is 9.65. The zero-order valence-corrected chi connectivity index (χ0v) is 18.7. The van der Waals surface area contributed by atoms with Gasteiger partial charge in [-0.2, -0.15) is 0 Å². The van der Waals surface area contributed by atoms with Gasteiger partial charge in [-0.05, 0) is 57.6 Å². The maximum atomic E-state index is 12.8. The quantitative estimate of drug-likeness (QED) is 0.514. The summed E-state index contributed by atoms with van der Waals surface area (Å²) in [6.45, 7) is 4.62. The van der Waals surface area contributed by atoms with Crippen LogP contribution < -0.4 is 20.7 Å². The molecular weight excluding hydrogens is 418 g/mol. The molecule has 1 fully saturated rings. The molecule has 0 saturated heterocycles. The van der Waals surface area contributed by atoms with Gasteiger partial charge in [-0.15, -0.1) is 0 Å². The maximum Gasteiger partial charge on any atom is 0.328 e. The summed E-state index contributed by atoms with van der Waals surface area (Å²) in [6, 6.07) is 7.86. The molecule has 0 radical (unpaired) electrons. The molecule has 1 aromatic heterocycles. The normalized spacial score (nSPS) is 14.8. The van der Waals surface area contributed by atoms with Crippen molar-refractivity contribution in [2.45, 2.75) is 56.5 Å². The van der Waals surface area contributed by atoms with Gasteiger partial charge in [0.05, 0.1) is 11.5 Å². The first-order chi connectivity index (χ1) is 14.6. The number of hydrogen-bond acceptors (Lipinski definition) is 5. The summed E-state index contributed by atoms with van der Waals surface area (Å²) in [5.41, 5.74) is -1.56. The number of aromatic amines is 1. The molecule has 1 heterocycles. The first-order valence-electron chi connectivity index (χ1n) is 10.4. The van der Waals surface area contributed by atoms with E-state index >= 15 is 0 Å². The molecule has 0 aliphatic heterocycles. The molecular formula is C22H29N3O5S. The predicted molar refractivity (Wildman–Crippen MR) is 119 cm³/mol. The SMILES string of the molecule is CC(C)(CC/C=C/Cn1ccc(=O)[nH]c1=O)NS(=O)(=O)c1cccc(OCC2CC2)c1. The van der Waals surface area contributed by atoms with Gasteiger partial charge in [-0.3, -0.25) is 14.3 Å². The molecule has 1 saturated carbocycles. The number of aromatic nitrogens is 2. The number of ether oxygens (including phenoxy) is 1. The lowest BCUT2D eigenvalue weighted by molar-refractivity contribution is 0.299. The van der Waals surface area contributed by atoms with Crippen LogP contribution in [0.4, 0.5) is 0 Å². The third kappa shape index (κ3) is 7.22. The van der Waals surface area contributed by atoms with Crippen LogP contribution in [0.15, 0.2) is 63.2 Å². The van der Waals surface area contributed by atoms with E-state index in [2.05, 4.69) is 9.71 Å². The van der Waals surface area contributed by atoms with Gasteiger partial charge in [0, 0.05) is 30.4 Å². The molecule has 1 aliphatic carbocycles. The molecule has 0 spiro atoms. The molecule has 2 aromatic rings. The van der Waals surface area contributed by atoms with Gasteiger partial charge in [0.25, 0.3) is 5.56 Å². The fourth-order valence-corrected chi connectivity index (χ4v) is 4.52.